The van der Waals surface area contributed by atoms with Gasteiger partial charge in [-0.05, 0) is 33.5 Å². The fraction of sp³-hybridized carbons (Fsp3) is 0.688. The maximum Gasteiger partial charge on any atom is 0.265 e. The lowest BCUT2D eigenvalue weighted by Gasteiger charge is -2.32. The van der Waals surface area contributed by atoms with Crippen molar-refractivity contribution in [3.05, 3.63) is 15.8 Å². The van der Waals surface area contributed by atoms with E-state index in [1.54, 1.807) is 7.11 Å². The highest BCUT2D eigenvalue weighted by Crippen LogP contribution is 2.28. The van der Waals surface area contributed by atoms with Gasteiger partial charge in [0, 0.05) is 18.0 Å². The van der Waals surface area contributed by atoms with Crippen molar-refractivity contribution in [2.24, 2.45) is 0 Å². The molecule has 1 fully saturated rings. The minimum Gasteiger partial charge on any atom is -0.495 e. The van der Waals surface area contributed by atoms with Crippen LogP contribution in [-0.2, 0) is 9.47 Å². The molecule has 1 aromatic rings. The van der Waals surface area contributed by atoms with Gasteiger partial charge in [0.1, 0.15) is 16.7 Å². The van der Waals surface area contributed by atoms with E-state index in [-0.39, 0.29) is 18.1 Å². The highest BCUT2D eigenvalue weighted by molar-refractivity contribution is 7.14. The molecule has 2 atom stereocenters. The molecule has 0 radical (unpaired) electrons. The summed E-state index contributed by atoms with van der Waals surface area (Å²) in [5.74, 6) is 0.523. The number of rotatable bonds is 7. The molecule has 1 N–H and O–H groups in total. The van der Waals surface area contributed by atoms with Crippen LogP contribution in [0.1, 0.15) is 21.0 Å². The largest absolute Gasteiger partial charge is 0.495 e. The second kappa shape index (κ2) is 8.63. The topological polar surface area (TPSA) is 60.0 Å². The number of likely N-dealkylation sites (N-methyl/N-ethyl adjacent to an activating group) is 1. The molecule has 0 saturated carbocycles. The fourth-order valence-corrected chi connectivity index (χ4v) is 3.34. The standard InChI is InChI=1S/C16H26N2O4S/c1-11-9-13(20-4)15(23-11)16(19)17-12-5-7-21-10-14(12)22-8-6-18(2)3/h9,12,14H,5-8,10H2,1-4H3,(H,17,19). The monoisotopic (exact) mass is 342 g/mol. The van der Waals surface area contributed by atoms with Gasteiger partial charge in [0.05, 0.1) is 26.4 Å². The second-order valence-electron chi connectivity index (χ2n) is 5.91. The Hall–Kier alpha value is -1.15. The molecule has 7 heteroatoms. The van der Waals surface area contributed by atoms with Crippen LogP contribution in [0.4, 0.5) is 0 Å². The summed E-state index contributed by atoms with van der Waals surface area (Å²) in [6.07, 6.45) is 0.644. The molecule has 0 spiro atoms. The number of thiophene rings is 1. The van der Waals surface area contributed by atoms with E-state index in [1.807, 2.05) is 27.1 Å². The third-order valence-corrected chi connectivity index (χ3v) is 4.77. The van der Waals surface area contributed by atoms with Crippen LogP contribution in [-0.4, -0.2) is 70.5 Å². The summed E-state index contributed by atoms with van der Waals surface area (Å²) in [5, 5.41) is 3.08. The van der Waals surface area contributed by atoms with Crippen molar-refractivity contribution in [2.75, 3.05) is 47.6 Å². The zero-order valence-corrected chi connectivity index (χ0v) is 15.1. The molecule has 1 saturated heterocycles. The van der Waals surface area contributed by atoms with Crippen molar-refractivity contribution in [1.82, 2.24) is 10.2 Å². The van der Waals surface area contributed by atoms with Crippen molar-refractivity contribution < 1.29 is 19.0 Å². The molecule has 1 aromatic heterocycles. The predicted molar refractivity (Wildman–Crippen MR) is 90.6 cm³/mol. The van der Waals surface area contributed by atoms with Crippen LogP contribution in [0, 0.1) is 6.92 Å². The van der Waals surface area contributed by atoms with Crippen molar-refractivity contribution in [1.29, 1.82) is 0 Å². The van der Waals surface area contributed by atoms with Gasteiger partial charge in [-0.25, -0.2) is 0 Å². The summed E-state index contributed by atoms with van der Waals surface area (Å²) in [4.78, 5) is 16.3. The highest BCUT2D eigenvalue weighted by Gasteiger charge is 2.29. The lowest BCUT2D eigenvalue weighted by Crippen LogP contribution is -2.50. The van der Waals surface area contributed by atoms with Crippen molar-refractivity contribution >= 4 is 17.2 Å². The van der Waals surface area contributed by atoms with Gasteiger partial charge >= 0.3 is 0 Å². The van der Waals surface area contributed by atoms with Crippen LogP contribution in [0.25, 0.3) is 0 Å². The molecular weight excluding hydrogens is 316 g/mol. The molecule has 1 aliphatic heterocycles. The summed E-state index contributed by atoms with van der Waals surface area (Å²) < 4.78 is 16.7. The van der Waals surface area contributed by atoms with E-state index in [0.717, 1.165) is 17.8 Å². The first kappa shape index (κ1) is 18.2. The normalized spacial score (nSPS) is 21.4. The lowest BCUT2D eigenvalue weighted by atomic mass is 10.1. The van der Waals surface area contributed by atoms with Crippen molar-refractivity contribution in [2.45, 2.75) is 25.5 Å². The average molecular weight is 342 g/mol. The number of nitrogens with zero attached hydrogens (tertiary/aromatic N) is 1. The van der Waals surface area contributed by atoms with E-state index in [2.05, 4.69) is 10.2 Å². The van der Waals surface area contributed by atoms with Gasteiger partial charge in [-0.15, -0.1) is 11.3 Å². The molecule has 2 rings (SSSR count). The summed E-state index contributed by atoms with van der Waals surface area (Å²) >= 11 is 1.44. The molecule has 1 aliphatic rings. The number of hydrogen-bond donors (Lipinski definition) is 1. The summed E-state index contributed by atoms with van der Waals surface area (Å²) in [6.45, 7) is 4.58. The van der Waals surface area contributed by atoms with Crippen molar-refractivity contribution in [3.8, 4) is 5.75 Å². The fourth-order valence-electron chi connectivity index (χ4n) is 2.46. The number of ether oxygens (including phenoxy) is 3. The van der Waals surface area contributed by atoms with Gasteiger partial charge in [-0.2, -0.15) is 0 Å². The zero-order valence-electron chi connectivity index (χ0n) is 14.3. The Morgan fingerprint density at radius 3 is 3.00 bits per heavy atom. The van der Waals surface area contributed by atoms with E-state index in [4.69, 9.17) is 14.2 Å². The molecule has 1 amide bonds. The summed E-state index contributed by atoms with van der Waals surface area (Å²) in [5.41, 5.74) is 0. The first-order valence-corrected chi connectivity index (χ1v) is 8.62. The number of methoxy groups -OCH3 is 1. The van der Waals surface area contributed by atoms with Crippen molar-refractivity contribution in [3.63, 3.8) is 0 Å². The highest BCUT2D eigenvalue weighted by atomic mass is 32.1. The van der Waals surface area contributed by atoms with Crippen LogP contribution in [0.15, 0.2) is 6.07 Å². The third-order valence-electron chi connectivity index (χ3n) is 3.74. The van der Waals surface area contributed by atoms with Crippen LogP contribution in [0.5, 0.6) is 5.75 Å². The molecule has 2 heterocycles. The molecular formula is C16H26N2O4S. The molecule has 0 aromatic carbocycles. The predicted octanol–water partition coefficient (Wildman–Crippen LogP) is 1.53. The summed E-state index contributed by atoms with van der Waals surface area (Å²) in [7, 11) is 5.59. The molecule has 6 nitrogen and oxygen atoms in total. The Morgan fingerprint density at radius 1 is 1.52 bits per heavy atom. The van der Waals surface area contributed by atoms with E-state index in [9.17, 15) is 4.79 Å². The molecule has 130 valence electrons. The molecule has 0 bridgehead atoms. The van der Waals surface area contributed by atoms with Gasteiger partial charge in [0.25, 0.3) is 5.91 Å². The molecule has 0 aliphatic carbocycles. The van der Waals surface area contributed by atoms with Crippen LogP contribution in [0.2, 0.25) is 0 Å². The minimum atomic E-state index is -0.111. The number of carbonyl (C=O) groups is 1. The number of hydrogen-bond acceptors (Lipinski definition) is 6. The van der Waals surface area contributed by atoms with E-state index in [1.165, 1.54) is 11.3 Å². The maximum absolute atomic E-state index is 12.5. The Morgan fingerprint density at radius 2 is 2.30 bits per heavy atom. The Kier molecular flexibility index (Phi) is 6.83. The quantitative estimate of drug-likeness (QED) is 0.814. The van der Waals surface area contributed by atoms with Crippen LogP contribution >= 0.6 is 11.3 Å². The van der Waals surface area contributed by atoms with E-state index in [0.29, 0.717) is 30.4 Å². The van der Waals surface area contributed by atoms with Crippen LogP contribution < -0.4 is 10.1 Å². The number of amides is 1. The zero-order chi connectivity index (χ0) is 16.8. The van der Waals surface area contributed by atoms with Crippen LogP contribution in [0.3, 0.4) is 0 Å². The SMILES string of the molecule is COc1cc(C)sc1C(=O)NC1CCOCC1OCCN(C)C. The van der Waals surface area contributed by atoms with Gasteiger partial charge < -0.3 is 24.4 Å². The Labute approximate surface area is 141 Å². The minimum absolute atomic E-state index is 0.0366. The number of carbonyl (C=O) groups excluding carboxylic acids is 1. The number of nitrogens with one attached hydrogen (secondary N) is 1. The van der Waals surface area contributed by atoms with Gasteiger partial charge in [-0.1, -0.05) is 0 Å². The Bertz CT molecular complexity index is 518. The van der Waals surface area contributed by atoms with E-state index < -0.39 is 0 Å². The Balaban J connectivity index is 1.96. The lowest BCUT2D eigenvalue weighted by molar-refractivity contribution is -0.0690. The first-order chi connectivity index (χ1) is 11.0. The maximum atomic E-state index is 12.5. The van der Waals surface area contributed by atoms with Gasteiger partial charge in [0.15, 0.2) is 0 Å². The average Bonchev–Trinajstić information content (AvgIpc) is 2.90. The molecule has 2 unspecified atom stereocenters. The van der Waals surface area contributed by atoms with E-state index >= 15 is 0 Å². The number of aryl methyl sites for hydroxylation is 1. The smallest absolute Gasteiger partial charge is 0.265 e. The van der Waals surface area contributed by atoms with Gasteiger partial charge in [0.2, 0.25) is 0 Å². The summed E-state index contributed by atoms with van der Waals surface area (Å²) in [6, 6.07) is 1.85. The molecule has 23 heavy (non-hydrogen) atoms. The first-order valence-electron chi connectivity index (χ1n) is 7.80. The van der Waals surface area contributed by atoms with Gasteiger partial charge in [-0.3, -0.25) is 4.79 Å². The second-order valence-corrected chi connectivity index (χ2v) is 7.17. The third kappa shape index (κ3) is 5.17.